The van der Waals surface area contributed by atoms with Gasteiger partial charge in [0.2, 0.25) is 0 Å². The molecule has 0 bridgehead atoms. The lowest BCUT2D eigenvalue weighted by Gasteiger charge is -2.25. The molecule has 0 saturated carbocycles. The van der Waals surface area contributed by atoms with Crippen molar-refractivity contribution in [2.45, 2.75) is 31.1 Å². The second-order valence-corrected chi connectivity index (χ2v) is 17.1. The van der Waals surface area contributed by atoms with Crippen LogP contribution in [0.1, 0.15) is 70.2 Å². The zero-order chi connectivity index (χ0) is 37.4. The fraction of sp³-hybridized carbons (Fsp3) is 0.0909. The molecule has 8 aromatic carbocycles. The molecule has 2 aliphatic rings. The van der Waals surface area contributed by atoms with Crippen LogP contribution in [0.3, 0.4) is 0 Å². The van der Waals surface area contributed by atoms with Gasteiger partial charge in [-0.2, -0.15) is 0 Å². The topological polar surface area (TPSA) is 0 Å². The number of thiophene rings is 1. The van der Waals surface area contributed by atoms with Crippen LogP contribution < -0.4 is 0 Å². The van der Waals surface area contributed by atoms with Crippen molar-refractivity contribution in [3.8, 4) is 43.8 Å². The number of fused-ring (bicyclic) bond motifs is 7. The Balaban J connectivity index is 0.989. The van der Waals surface area contributed by atoms with Gasteiger partial charge in [-0.3, -0.25) is 0 Å². The Hall–Kier alpha value is -6.28. The van der Waals surface area contributed by atoms with E-state index in [2.05, 4.69) is 208 Å². The Kier molecular flexibility index (Phi) is 7.63. The summed E-state index contributed by atoms with van der Waals surface area (Å²) in [5.74, 6) is 0.346. The molecule has 9 aromatic rings. The highest BCUT2D eigenvalue weighted by atomic mass is 32.1. The van der Waals surface area contributed by atoms with Crippen molar-refractivity contribution in [1.82, 2.24) is 0 Å². The van der Waals surface area contributed by atoms with Crippen LogP contribution >= 0.6 is 11.3 Å². The van der Waals surface area contributed by atoms with E-state index in [1.54, 1.807) is 0 Å². The molecule has 11 rings (SSSR count). The van der Waals surface area contributed by atoms with E-state index in [1.807, 2.05) is 11.3 Å². The first-order valence-electron chi connectivity index (χ1n) is 19.7. The summed E-state index contributed by atoms with van der Waals surface area (Å²) in [7, 11) is 0. The minimum absolute atomic E-state index is 0.0624. The Morgan fingerprint density at radius 1 is 0.429 bits per heavy atom. The van der Waals surface area contributed by atoms with E-state index in [9.17, 15) is 0 Å². The highest BCUT2D eigenvalue weighted by Gasteiger charge is 2.36. The minimum Gasteiger partial charge on any atom is -0.135 e. The molecule has 0 saturated heterocycles. The molecular formula is C55H40S. The molecular weight excluding hydrogens is 693 g/mol. The first kappa shape index (κ1) is 33.1. The zero-order valence-electron chi connectivity index (χ0n) is 31.5. The van der Waals surface area contributed by atoms with Crippen molar-refractivity contribution in [2.75, 3.05) is 0 Å². The molecule has 56 heavy (non-hydrogen) atoms. The van der Waals surface area contributed by atoms with E-state index in [-0.39, 0.29) is 17.3 Å². The van der Waals surface area contributed by atoms with Crippen LogP contribution in [0, 0.1) is 0 Å². The fourth-order valence-electron chi connectivity index (χ4n) is 9.70. The zero-order valence-corrected chi connectivity index (χ0v) is 32.4. The summed E-state index contributed by atoms with van der Waals surface area (Å²) in [5, 5.41) is 1.31. The Morgan fingerprint density at radius 3 is 1.82 bits per heavy atom. The van der Waals surface area contributed by atoms with Crippen molar-refractivity contribution >= 4 is 21.4 Å². The first-order valence-corrected chi connectivity index (χ1v) is 20.5. The molecule has 1 heterocycles. The largest absolute Gasteiger partial charge is 0.135 e. The van der Waals surface area contributed by atoms with Crippen molar-refractivity contribution < 1.29 is 0 Å². The van der Waals surface area contributed by atoms with Crippen LogP contribution in [0.4, 0.5) is 0 Å². The van der Waals surface area contributed by atoms with Crippen LogP contribution in [-0.4, -0.2) is 0 Å². The molecule has 0 N–H and O–H groups in total. The number of rotatable bonds is 6. The molecule has 2 aliphatic carbocycles. The van der Waals surface area contributed by atoms with Crippen LogP contribution in [0.15, 0.2) is 194 Å². The Bertz CT molecular complexity index is 2890. The van der Waals surface area contributed by atoms with Gasteiger partial charge < -0.3 is 0 Å². The van der Waals surface area contributed by atoms with Crippen molar-refractivity contribution in [1.29, 1.82) is 0 Å². The Morgan fingerprint density at radius 2 is 1.04 bits per heavy atom. The molecule has 1 aromatic heterocycles. The maximum atomic E-state index is 2.49. The van der Waals surface area contributed by atoms with E-state index >= 15 is 0 Å². The SMILES string of the molecule is CC1(C)c2ccccc2-c2ccc(C(c3ccc(-c4ccc5c(c4)-c4ccccc4C5c4ccccc4)cc3)c3ccc(-c4cc5ccccc5s4)cc3)cc21. The Labute approximate surface area is 333 Å². The number of benzene rings is 8. The van der Waals surface area contributed by atoms with Crippen molar-refractivity contribution in [2.24, 2.45) is 0 Å². The monoisotopic (exact) mass is 732 g/mol. The van der Waals surface area contributed by atoms with Gasteiger partial charge in [-0.1, -0.05) is 190 Å². The quantitative estimate of drug-likeness (QED) is 0.149. The van der Waals surface area contributed by atoms with Gasteiger partial charge in [-0.25, -0.2) is 0 Å². The second-order valence-electron chi connectivity index (χ2n) is 16.0. The van der Waals surface area contributed by atoms with Crippen molar-refractivity contribution in [3.63, 3.8) is 0 Å². The molecule has 0 amide bonds. The van der Waals surface area contributed by atoms with E-state index in [1.165, 1.54) is 98.4 Å². The minimum atomic E-state index is -0.0624. The molecule has 0 radical (unpaired) electrons. The number of hydrogen-bond acceptors (Lipinski definition) is 1. The number of hydrogen-bond donors (Lipinski definition) is 0. The predicted octanol–water partition coefficient (Wildman–Crippen LogP) is 14.9. The first-order chi connectivity index (χ1) is 27.5. The molecule has 1 heteroatoms. The van der Waals surface area contributed by atoms with E-state index in [0.717, 1.165) is 0 Å². The lowest BCUT2D eigenvalue weighted by atomic mass is 9.79. The summed E-state index contributed by atoms with van der Waals surface area (Å²) in [6.07, 6.45) is 0. The van der Waals surface area contributed by atoms with Gasteiger partial charge in [0, 0.05) is 26.8 Å². The second kappa shape index (κ2) is 12.9. The predicted molar refractivity (Wildman–Crippen MR) is 237 cm³/mol. The van der Waals surface area contributed by atoms with Gasteiger partial charge in [0.1, 0.15) is 0 Å². The third kappa shape index (κ3) is 5.26. The molecule has 0 spiro atoms. The van der Waals surface area contributed by atoms with Gasteiger partial charge in [0.15, 0.2) is 0 Å². The van der Waals surface area contributed by atoms with Gasteiger partial charge in [-0.15, -0.1) is 11.3 Å². The summed E-state index contributed by atoms with van der Waals surface area (Å²) in [5.41, 5.74) is 20.0. The van der Waals surface area contributed by atoms with Crippen LogP contribution in [-0.2, 0) is 5.41 Å². The van der Waals surface area contributed by atoms with Crippen molar-refractivity contribution in [3.05, 3.63) is 239 Å². The summed E-state index contributed by atoms with van der Waals surface area (Å²) in [6, 6.07) is 72.9. The smallest absolute Gasteiger partial charge is 0.0355 e. The maximum Gasteiger partial charge on any atom is 0.0355 e. The normalized spacial score (nSPS) is 15.2. The lowest BCUT2D eigenvalue weighted by Crippen LogP contribution is -2.15. The molecule has 0 fully saturated rings. The summed E-state index contributed by atoms with van der Waals surface area (Å²) in [6.45, 7) is 4.75. The van der Waals surface area contributed by atoms with Gasteiger partial charge >= 0.3 is 0 Å². The third-order valence-electron chi connectivity index (χ3n) is 12.5. The van der Waals surface area contributed by atoms with Gasteiger partial charge in [0.05, 0.1) is 0 Å². The molecule has 2 atom stereocenters. The molecule has 0 aliphatic heterocycles. The summed E-state index contributed by atoms with van der Waals surface area (Å²) >= 11 is 1.87. The summed E-state index contributed by atoms with van der Waals surface area (Å²) in [4.78, 5) is 1.31. The highest BCUT2D eigenvalue weighted by molar-refractivity contribution is 7.22. The standard InChI is InChI=1S/C55H40S/c1-55(2)49-18-10-9-16-44(49)45-30-29-42(33-50(45)55)53(39-26-22-36(23-27-39)52-34-41-14-6-11-19-51(41)56-52)38-24-20-35(21-25-38)40-28-31-47-48(32-40)43-15-7-8-17-46(43)54(47)37-12-4-3-5-13-37/h3-34,53-54H,1-2H3. The van der Waals surface area contributed by atoms with E-state index < -0.39 is 0 Å². The van der Waals surface area contributed by atoms with Crippen LogP contribution in [0.25, 0.3) is 53.9 Å². The molecule has 0 nitrogen and oxygen atoms in total. The third-order valence-corrected chi connectivity index (χ3v) is 13.7. The lowest BCUT2D eigenvalue weighted by molar-refractivity contribution is 0.659. The van der Waals surface area contributed by atoms with Crippen LogP contribution in [0.5, 0.6) is 0 Å². The van der Waals surface area contributed by atoms with E-state index in [0.29, 0.717) is 0 Å². The van der Waals surface area contributed by atoms with E-state index in [4.69, 9.17) is 0 Å². The average molecular weight is 733 g/mol. The van der Waals surface area contributed by atoms with Crippen LogP contribution in [0.2, 0.25) is 0 Å². The summed E-state index contributed by atoms with van der Waals surface area (Å²) < 4.78 is 1.33. The molecule has 2 unspecified atom stereocenters. The average Bonchev–Trinajstić information content (AvgIpc) is 3.90. The maximum absolute atomic E-state index is 2.49. The highest BCUT2D eigenvalue weighted by Crippen LogP contribution is 2.51. The fourth-order valence-corrected chi connectivity index (χ4v) is 10.8. The van der Waals surface area contributed by atoms with Gasteiger partial charge in [0.25, 0.3) is 0 Å². The van der Waals surface area contributed by atoms with Gasteiger partial charge in [-0.05, 0) is 107 Å². The molecule has 266 valence electrons.